The van der Waals surface area contributed by atoms with E-state index in [2.05, 4.69) is 27.0 Å². The molecule has 3 aromatic rings. The van der Waals surface area contributed by atoms with Crippen LogP contribution in [0.1, 0.15) is 23.6 Å². The van der Waals surface area contributed by atoms with E-state index in [4.69, 9.17) is 14.2 Å². The van der Waals surface area contributed by atoms with Crippen LogP contribution in [0.15, 0.2) is 75.0 Å². The van der Waals surface area contributed by atoms with Crippen LogP contribution in [0, 0.1) is 11.3 Å². The molecule has 0 radical (unpaired) electrons. The smallest absolute Gasteiger partial charge is 0.266 e. The van der Waals surface area contributed by atoms with Crippen LogP contribution >= 0.6 is 27.7 Å². The molecule has 7 nitrogen and oxygen atoms in total. The van der Waals surface area contributed by atoms with E-state index in [1.54, 1.807) is 31.3 Å². The van der Waals surface area contributed by atoms with Gasteiger partial charge in [-0.15, -0.1) is 0 Å². The van der Waals surface area contributed by atoms with Crippen molar-refractivity contribution in [2.24, 2.45) is 4.99 Å². The first-order valence-corrected chi connectivity index (χ1v) is 13.0. The number of nitrogens with zero attached hydrogens (tertiary/aromatic N) is 3. The molecule has 1 saturated heterocycles. The summed E-state index contributed by atoms with van der Waals surface area (Å²) in [5.74, 6) is 1.66. The van der Waals surface area contributed by atoms with Gasteiger partial charge in [-0.3, -0.25) is 9.69 Å². The summed E-state index contributed by atoms with van der Waals surface area (Å²) in [6, 6.07) is 20.4. The second-order valence-electron chi connectivity index (χ2n) is 7.83. The van der Waals surface area contributed by atoms with Crippen LogP contribution in [0.3, 0.4) is 0 Å². The van der Waals surface area contributed by atoms with Gasteiger partial charge >= 0.3 is 0 Å². The number of rotatable bonds is 8. The highest BCUT2D eigenvalue weighted by Crippen LogP contribution is 2.39. The van der Waals surface area contributed by atoms with Gasteiger partial charge in [0.25, 0.3) is 5.91 Å². The zero-order valence-corrected chi connectivity index (χ0v) is 22.9. The maximum Gasteiger partial charge on any atom is 0.266 e. The van der Waals surface area contributed by atoms with Crippen LogP contribution in [0.5, 0.6) is 17.2 Å². The standard InChI is InChI=1S/C28H24BrN3O4S/c1-4-32-27(33)26(37-28(32)31-21-9-11-22(34-2)12-10-21)14-20-13-24(35-3)25(15-23(20)29)36-17-19-8-6-5-7-18(19)16-30/h5-15H,4,17H2,1-3H3. The van der Waals surface area contributed by atoms with Crippen molar-refractivity contribution >= 4 is 50.5 Å². The molecule has 1 aliphatic heterocycles. The van der Waals surface area contributed by atoms with Crippen LogP contribution in [0.2, 0.25) is 0 Å². The summed E-state index contributed by atoms with van der Waals surface area (Å²) in [6.45, 7) is 2.64. The van der Waals surface area contributed by atoms with E-state index in [9.17, 15) is 10.1 Å². The lowest BCUT2D eigenvalue weighted by Crippen LogP contribution is -2.28. The fraction of sp³-hybridized carbons (Fsp3) is 0.179. The Hall–Kier alpha value is -3.74. The first-order valence-electron chi connectivity index (χ1n) is 11.4. The summed E-state index contributed by atoms with van der Waals surface area (Å²) in [7, 11) is 3.17. The lowest BCUT2D eigenvalue weighted by atomic mass is 10.1. The number of hydrogen-bond acceptors (Lipinski definition) is 7. The Morgan fingerprint density at radius 2 is 1.84 bits per heavy atom. The zero-order valence-electron chi connectivity index (χ0n) is 20.5. The van der Waals surface area contributed by atoms with Gasteiger partial charge in [-0.25, -0.2) is 4.99 Å². The minimum Gasteiger partial charge on any atom is -0.497 e. The van der Waals surface area contributed by atoms with Crippen LogP contribution in [-0.2, 0) is 11.4 Å². The number of hydrogen-bond donors (Lipinski definition) is 0. The molecule has 0 atom stereocenters. The van der Waals surface area contributed by atoms with E-state index in [-0.39, 0.29) is 12.5 Å². The number of thioether (sulfide) groups is 1. The van der Waals surface area contributed by atoms with Crippen molar-refractivity contribution in [1.82, 2.24) is 4.90 Å². The average Bonchev–Trinajstić information content (AvgIpc) is 3.22. The summed E-state index contributed by atoms with van der Waals surface area (Å²) in [5, 5.41) is 9.94. The SMILES string of the molecule is CCN1C(=O)C(=Cc2cc(OC)c(OCc3ccccc3C#N)cc2Br)SC1=Nc1ccc(OC)cc1. The van der Waals surface area contributed by atoms with Gasteiger partial charge in [0, 0.05) is 16.6 Å². The van der Waals surface area contributed by atoms with Gasteiger partial charge in [0.15, 0.2) is 16.7 Å². The van der Waals surface area contributed by atoms with Crippen molar-refractivity contribution in [3.05, 3.63) is 86.7 Å². The number of aliphatic imine (C=N–C) groups is 1. The molecule has 0 bridgehead atoms. The van der Waals surface area contributed by atoms with Crippen molar-refractivity contribution < 1.29 is 19.0 Å². The first kappa shape index (κ1) is 26.3. The molecular weight excluding hydrogens is 554 g/mol. The largest absolute Gasteiger partial charge is 0.497 e. The van der Waals surface area contributed by atoms with Crippen molar-refractivity contribution in [2.75, 3.05) is 20.8 Å². The molecule has 0 saturated carbocycles. The predicted molar refractivity (Wildman–Crippen MR) is 149 cm³/mol. The monoisotopic (exact) mass is 577 g/mol. The number of amidine groups is 1. The number of benzene rings is 3. The van der Waals surface area contributed by atoms with E-state index in [0.717, 1.165) is 27.0 Å². The van der Waals surface area contributed by atoms with Gasteiger partial charge in [-0.2, -0.15) is 5.26 Å². The van der Waals surface area contributed by atoms with Crippen LogP contribution < -0.4 is 14.2 Å². The predicted octanol–water partition coefficient (Wildman–Crippen LogP) is 6.54. The molecule has 1 heterocycles. The van der Waals surface area contributed by atoms with Crippen LogP contribution in [0.4, 0.5) is 5.69 Å². The normalized spacial score (nSPS) is 15.2. The van der Waals surface area contributed by atoms with Crippen LogP contribution in [-0.4, -0.2) is 36.7 Å². The Morgan fingerprint density at radius 1 is 1.08 bits per heavy atom. The van der Waals surface area contributed by atoms with Gasteiger partial charge < -0.3 is 14.2 Å². The fourth-order valence-corrected chi connectivity index (χ4v) is 5.11. The number of methoxy groups -OCH3 is 2. The number of carbonyl (C=O) groups is 1. The maximum atomic E-state index is 13.1. The van der Waals surface area contributed by atoms with Gasteiger partial charge in [0.1, 0.15) is 12.4 Å². The molecule has 37 heavy (non-hydrogen) atoms. The van der Waals surface area contributed by atoms with E-state index in [0.29, 0.717) is 33.7 Å². The van der Waals surface area contributed by atoms with Gasteiger partial charge in [-0.1, -0.05) is 34.1 Å². The fourth-order valence-electron chi connectivity index (χ4n) is 3.62. The van der Waals surface area contributed by atoms with Crippen molar-refractivity contribution in [1.29, 1.82) is 5.26 Å². The minimum atomic E-state index is -0.112. The first-order chi connectivity index (χ1) is 18.0. The maximum absolute atomic E-state index is 13.1. The van der Waals surface area contributed by atoms with Crippen molar-refractivity contribution in [3.63, 3.8) is 0 Å². The van der Waals surface area contributed by atoms with Gasteiger partial charge in [0.2, 0.25) is 0 Å². The topological polar surface area (TPSA) is 84.2 Å². The number of halogens is 1. The molecule has 0 N–H and O–H groups in total. The van der Waals surface area contributed by atoms with Gasteiger partial charge in [-0.05, 0) is 72.8 Å². The lowest BCUT2D eigenvalue weighted by molar-refractivity contribution is -0.122. The Labute approximate surface area is 228 Å². The van der Waals surface area contributed by atoms with Crippen LogP contribution in [0.25, 0.3) is 6.08 Å². The van der Waals surface area contributed by atoms with Crippen molar-refractivity contribution in [2.45, 2.75) is 13.5 Å². The summed E-state index contributed by atoms with van der Waals surface area (Å²) >= 11 is 4.92. The summed E-state index contributed by atoms with van der Waals surface area (Å²) in [5.41, 5.74) is 2.84. The highest BCUT2D eigenvalue weighted by atomic mass is 79.9. The molecular formula is C28H24BrN3O4S. The second kappa shape index (κ2) is 12.0. The lowest BCUT2D eigenvalue weighted by Gasteiger charge is -2.14. The summed E-state index contributed by atoms with van der Waals surface area (Å²) in [6.07, 6.45) is 1.81. The van der Waals surface area contributed by atoms with Gasteiger partial charge in [0.05, 0.1) is 36.4 Å². The van der Waals surface area contributed by atoms with E-state index < -0.39 is 0 Å². The number of nitriles is 1. The molecule has 1 fully saturated rings. The summed E-state index contributed by atoms with van der Waals surface area (Å²) in [4.78, 5) is 20.0. The van der Waals surface area contributed by atoms with E-state index in [1.165, 1.54) is 11.8 Å². The Balaban J connectivity index is 1.59. The average molecular weight is 578 g/mol. The highest BCUT2D eigenvalue weighted by molar-refractivity contribution is 9.10. The third-order valence-corrected chi connectivity index (χ3v) is 7.29. The molecule has 0 aromatic heterocycles. The second-order valence-corrected chi connectivity index (χ2v) is 9.70. The molecule has 1 aliphatic rings. The highest BCUT2D eigenvalue weighted by Gasteiger charge is 2.32. The molecule has 0 aliphatic carbocycles. The molecule has 1 amide bonds. The number of likely N-dealkylation sites (N-methyl/N-ethyl adjacent to an activating group) is 1. The Morgan fingerprint density at radius 3 is 2.51 bits per heavy atom. The Bertz CT molecular complexity index is 1410. The zero-order chi connectivity index (χ0) is 26.4. The number of carbonyl (C=O) groups excluding carboxylic acids is 1. The minimum absolute atomic E-state index is 0.112. The molecule has 3 aromatic carbocycles. The molecule has 188 valence electrons. The van der Waals surface area contributed by atoms with E-state index >= 15 is 0 Å². The van der Waals surface area contributed by atoms with Crippen molar-refractivity contribution in [3.8, 4) is 23.3 Å². The summed E-state index contributed by atoms with van der Waals surface area (Å²) < 4.78 is 17.5. The van der Waals surface area contributed by atoms with E-state index in [1.807, 2.05) is 61.5 Å². The molecule has 0 spiro atoms. The quantitative estimate of drug-likeness (QED) is 0.282. The third kappa shape index (κ3) is 5.98. The molecule has 0 unspecified atom stereocenters. The molecule has 9 heteroatoms. The third-order valence-electron chi connectivity index (χ3n) is 5.59. The Kier molecular flexibility index (Phi) is 8.54. The molecule has 4 rings (SSSR count). The number of ether oxygens (including phenoxy) is 3. The number of amides is 1.